The van der Waals surface area contributed by atoms with Gasteiger partial charge < -0.3 is 15.0 Å². The van der Waals surface area contributed by atoms with Gasteiger partial charge in [0.1, 0.15) is 18.7 Å². The lowest BCUT2D eigenvalue weighted by Crippen LogP contribution is -2.53. The van der Waals surface area contributed by atoms with Crippen molar-refractivity contribution in [3.05, 3.63) is 72.1 Å². The van der Waals surface area contributed by atoms with Gasteiger partial charge in [0.25, 0.3) is 5.91 Å². The van der Waals surface area contributed by atoms with Gasteiger partial charge in [0.15, 0.2) is 5.78 Å². The summed E-state index contributed by atoms with van der Waals surface area (Å²) in [6.45, 7) is 4.19. The first-order valence-corrected chi connectivity index (χ1v) is 9.94. The van der Waals surface area contributed by atoms with Crippen LogP contribution in [0.5, 0.6) is 0 Å². The Hall–Kier alpha value is -3.32. The molecule has 154 valence electrons. The molecule has 1 N–H and O–H groups in total. The van der Waals surface area contributed by atoms with E-state index >= 15 is 0 Å². The van der Waals surface area contributed by atoms with E-state index in [2.05, 4.69) is 16.9 Å². The summed E-state index contributed by atoms with van der Waals surface area (Å²) >= 11 is 0. The van der Waals surface area contributed by atoms with Crippen LogP contribution in [0.1, 0.15) is 27.9 Å². The number of ether oxygens (including phenoxy) is 1. The normalized spacial score (nSPS) is 21.2. The molecule has 1 aromatic carbocycles. The van der Waals surface area contributed by atoms with Gasteiger partial charge in [-0.05, 0) is 41.8 Å². The third-order valence-corrected chi connectivity index (χ3v) is 5.60. The number of rotatable bonds is 6. The quantitative estimate of drug-likeness (QED) is 0.789. The smallest absolute Gasteiger partial charge is 0.251 e. The highest BCUT2D eigenvalue weighted by molar-refractivity contribution is 5.99. The monoisotopic (exact) mass is 405 g/mol. The van der Waals surface area contributed by atoms with E-state index in [1.165, 1.54) is 0 Å². The summed E-state index contributed by atoms with van der Waals surface area (Å²) in [6.07, 6.45) is 5.68. The maximum atomic E-state index is 13.4. The molecule has 2 aliphatic rings. The molecule has 0 saturated carbocycles. The van der Waals surface area contributed by atoms with Crippen molar-refractivity contribution in [2.45, 2.75) is 31.0 Å². The predicted octanol–water partition coefficient (Wildman–Crippen LogP) is 1.63. The number of fused-ring (bicyclic) bond motifs is 1. The zero-order valence-electron chi connectivity index (χ0n) is 16.5. The zero-order chi connectivity index (χ0) is 21.1. The number of ketones is 1. The molecule has 1 aromatic heterocycles. The molecule has 3 unspecified atom stereocenters. The molecule has 2 fully saturated rings. The van der Waals surface area contributed by atoms with Gasteiger partial charge in [0.05, 0.1) is 6.10 Å². The van der Waals surface area contributed by atoms with E-state index in [0.29, 0.717) is 24.9 Å². The van der Waals surface area contributed by atoms with Crippen molar-refractivity contribution in [1.29, 1.82) is 0 Å². The molecule has 3 heterocycles. The maximum absolute atomic E-state index is 13.4. The van der Waals surface area contributed by atoms with Gasteiger partial charge in [-0.25, -0.2) is 0 Å². The van der Waals surface area contributed by atoms with Crippen LogP contribution in [0.4, 0.5) is 0 Å². The fourth-order valence-electron chi connectivity index (χ4n) is 4.01. The van der Waals surface area contributed by atoms with Crippen molar-refractivity contribution in [3.8, 4) is 0 Å². The minimum atomic E-state index is -0.800. The predicted molar refractivity (Wildman–Crippen MR) is 111 cm³/mol. The van der Waals surface area contributed by atoms with Gasteiger partial charge in [0.2, 0.25) is 5.91 Å². The Morgan fingerprint density at radius 1 is 1.23 bits per heavy atom. The Kier molecular flexibility index (Phi) is 5.72. The Morgan fingerprint density at radius 2 is 1.97 bits per heavy atom. The molecule has 0 aliphatic carbocycles. The largest absolute Gasteiger partial charge is 0.368 e. The van der Waals surface area contributed by atoms with Gasteiger partial charge in [-0.15, -0.1) is 0 Å². The summed E-state index contributed by atoms with van der Waals surface area (Å²) in [4.78, 5) is 44.0. The number of carbonyl (C=O) groups excluding carboxylic acids is 3. The first-order valence-electron chi connectivity index (χ1n) is 9.94. The number of nitrogens with zero attached hydrogens (tertiary/aromatic N) is 2. The standard InChI is InChI=1S/C23H23N3O4/c1-2-15-3-5-17(6-4-15)22(28)25-18(13-16-7-10-24-11-8-16)23(29)26-12-9-20-21(26)19(27)14-30-20/h2-8,10-11,18,20-21H,1,9,12-14H2,(H,25,28). The molecule has 0 spiro atoms. The Bertz CT molecular complexity index is 958. The number of aromatic nitrogens is 1. The fraction of sp³-hybridized carbons (Fsp3) is 0.304. The number of carbonyl (C=O) groups is 3. The van der Waals surface area contributed by atoms with E-state index in [9.17, 15) is 14.4 Å². The summed E-state index contributed by atoms with van der Waals surface area (Å²) in [7, 11) is 0. The molecule has 2 aliphatic heterocycles. The van der Waals surface area contributed by atoms with Gasteiger partial charge in [-0.1, -0.05) is 24.8 Å². The van der Waals surface area contributed by atoms with Crippen LogP contribution in [0, 0.1) is 0 Å². The molecule has 2 amide bonds. The van der Waals surface area contributed by atoms with Crippen LogP contribution in [-0.4, -0.2) is 58.8 Å². The first-order chi connectivity index (χ1) is 14.6. The van der Waals surface area contributed by atoms with Crippen LogP contribution >= 0.6 is 0 Å². The molecular weight excluding hydrogens is 382 g/mol. The molecule has 2 saturated heterocycles. The second-order valence-electron chi connectivity index (χ2n) is 7.49. The molecular formula is C23H23N3O4. The van der Waals surface area contributed by atoms with E-state index < -0.39 is 12.1 Å². The SMILES string of the molecule is C=Cc1ccc(C(=O)NC(Cc2ccncc2)C(=O)N2CCC3OCC(=O)C32)cc1. The van der Waals surface area contributed by atoms with Crippen LogP contribution in [0.25, 0.3) is 6.08 Å². The Balaban J connectivity index is 1.55. The highest BCUT2D eigenvalue weighted by atomic mass is 16.5. The lowest BCUT2D eigenvalue weighted by Gasteiger charge is -2.27. The summed E-state index contributed by atoms with van der Waals surface area (Å²) in [5.74, 6) is -0.697. The molecule has 0 bridgehead atoms. The van der Waals surface area contributed by atoms with E-state index in [0.717, 1.165) is 11.1 Å². The van der Waals surface area contributed by atoms with E-state index in [1.807, 2.05) is 12.1 Å². The third-order valence-electron chi connectivity index (χ3n) is 5.60. The zero-order valence-corrected chi connectivity index (χ0v) is 16.5. The summed E-state index contributed by atoms with van der Waals surface area (Å²) in [6, 6.07) is 9.24. The second-order valence-corrected chi connectivity index (χ2v) is 7.49. The molecule has 7 heteroatoms. The van der Waals surface area contributed by atoms with Crippen molar-refractivity contribution in [3.63, 3.8) is 0 Å². The maximum Gasteiger partial charge on any atom is 0.251 e. The molecule has 7 nitrogen and oxygen atoms in total. The highest BCUT2D eigenvalue weighted by Crippen LogP contribution is 2.28. The second kappa shape index (κ2) is 8.59. The molecule has 30 heavy (non-hydrogen) atoms. The number of Topliss-reactive ketones (excluding diaryl/α,β-unsaturated/α-hetero) is 1. The lowest BCUT2D eigenvalue weighted by molar-refractivity contribution is -0.138. The van der Waals surface area contributed by atoms with E-state index in [1.54, 1.807) is 47.6 Å². The van der Waals surface area contributed by atoms with Crippen LogP contribution in [0.2, 0.25) is 0 Å². The summed E-state index contributed by atoms with van der Waals surface area (Å²) in [5.41, 5.74) is 2.22. The summed E-state index contributed by atoms with van der Waals surface area (Å²) in [5, 5.41) is 2.86. The first kappa shape index (κ1) is 20.0. The van der Waals surface area contributed by atoms with Crippen LogP contribution in [0.3, 0.4) is 0 Å². The molecule has 4 rings (SSSR count). The molecule has 3 atom stereocenters. The van der Waals surface area contributed by atoms with E-state index in [4.69, 9.17) is 4.74 Å². The molecule has 2 aromatic rings. The topological polar surface area (TPSA) is 88.6 Å². The van der Waals surface area contributed by atoms with Crippen molar-refractivity contribution in [2.75, 3.05) is 13.2 Å². The van der Waals surface area contributed by atoms with Crippen LogP contribution in [0.15, 0.2) is 55.4 Å². The fourth-order valence-corrected chi connectivity index (χ4v) is 4.01. The number of hydrogen-bond donors (Lipinski definition) is 1. The van der Waals surface area contributed by atoms with Crippen molar-refractivity contribution in [2.24, 2.45) is 0 Å². The third kappa shape index (κ3) is 4.02. The van der Waals surface area contributed by atoms with Gasteiger partial charge in [0, 0.05) is 30.9 Å². The Labute approximate surface area is 174 Å². The number of amides is 2. The van der Waals surface area contributed by atoms with Crippen LogP contribution < -0.4 is 5.32 Å². The number of nitrogens with one attached hydrogen (secondary N) is 1. The molecule has 0 radical (unpaired) electrons. The lowest BCUT2D eigenvalue weighted by atomic mass is 10.0. The summed E-state index contributed by atoms with van der Waals surface area (Å²) < 4.78 is 5.49. The van der Waals surface area contributed by atoms with Crippen molar-refractivity contribution < 1.29 is 19.1 Å². The number of hydrogen-bond acceptors (Lipinski definition) is 5. The van der Waals surface area contributed by atoms with Crippen LogP contribution in [-0.2, 0) is 20.7 Å². The van der Waals surface area contributed by atoms with Gasteiger partial charge in [-0.2, -0.15) is 0 Å². The average Bonchev–Trinajstić information content (AvgIpc) is 3.36. The van der Waals surface area contributed by atoms with Crippen molar-refractivity contribution >= 4 is 23.7 Å². The highest BCUT2D eigenvalue weighted by Gasteiger charge is 2.48. The minimum Gasteiger partial charge on any atom is -0.368 e. The van der Waals surface area contributed by atoms with Gasteiger partial charge >= 0.3 is 0 Å². The van der Waals surface area contributed by atoms with E-state index in [-0.39, 0.29) is 30.3 Å². The average molecular weight is 405 g/mol. The number of likely N-dealkylation sites (tertiary alicyclic amines) is 1. The Morgan fingerprint density at radius 3 is 2.67 bits per heavy atom. The number of benzene rings is 1. The minimum absolute atomic E-state index is 0.0378. The van der Waals surface area contributed by atoms with Gasteiger partial charge in [-0.3, -0.25) is 19.4 Å². The van der Waals surface area contributed by atoms with Crippen molar-refractivity contribution in [1.82, 2.24) is 15.2 Å². The number of pyridine rings is 1.